The first kappa shape index (κ1) is 16.2. The molecule has 0 atom stereocenters. The topological polar surface area (TPSA) is 66.7 Å². The number of nitrogens with zero attached hydrogens (tertiary/aromatic N) is 3. The van der Waals surface area contributed by atoms with Crippen molar-refractivity contribution in [2.24, 2.45) is 0 Å². The lowest BCUT2D eigenvalue weighted by Gasteiger charge is -2.26. The molecule has 0 spiro atoms. The number of amides is 2. The van der Waals surface area contributed by atoms with E-state index in [4.69, 9.17) is 4.52 Å². The van der Waals surface area contributed by atoms with Gasteiger partial charge in [0.05, 0.1) is 0 Å². The number of likely N-dealkylation sites (tertiary alicyclic amines) is 1. The predicted molar refractivity (Wildman–Crippen MR) is 89.8 cm³/mol. The van der Waals surface area contributed by atoms with Crippen molar-refractivity contribution in [1.82, 2.24) is 10.1 Å². The quantitative estimate of drug-likeness (QED) is 0.866. The fourth-order valence-corrected chi connectivity index (χ4v) is 2.78. The molecule has 2 heterocycles. The lowest BCUT2D eigenvalue weighted by molar-refractivity contribution is -0.127. The van der Waals surface area contributed by atoms with Gasteiger partial charge in [-0.15, -0.1) is 0 Å². The van der Waals surface area contributed by atoms with Crippen molar-refractivity contribution >= 4 is 17.6 Å². The summed E-state index contributed by atoms with van der Waals surface area (Å²) >= 11 is 0. The summed E-state index contributed by atoms with van der Waals surface area (Å²) in [5.41, 5.74) is 2.75. The predicted octanol–water partition coefficient (Wildman–Crippen LogP) is 2.83. The molecule has 1 fully saturated rings. The first-order valence-corrected chi connectivity index (χ1v) is 8.06. The fourth-order valence-electron chi connectivity index (χ4n) is 2.78. The molecule has 24 heavy (non-hydrogen) atoms. The maximum absolute atomic E-state index is 13.0. The highest BCUT2D eigenvalue weighted by atomic mass is 16.5. The van der Waals surface area contributed by atoms with Crippen LogP contribution in [-0.4, -0.2) is 35.1 Å². The van der Waals surface area contributed by atoms with Crippen molar-refractivity contribution in [3.63, 3.8) is 0 Å². The summed E-state index contributed by atoms with van der Waals surface area (Å²) < 4.78 is 5.12. The molecule has 126 valence electrons. The molecule has 0 bridgehead atoms. The Kier molecular flexibility index (Phi) is 4.38. The highest BCUT2D eigenvalue weighted by Crippen LogP contribution is 2.21. The maximum atomic E-state index is 13.0. The maximum Gasteiger partial charge on any atom is 0.261 e. The molecule has 0 unspecified atom stereocenters. The molecule has 0 saturated carbocycles. The van der Waals surface area contributed by atoms with Crippen LogP contribution in [0.3, 0.4) is 0 Å². The Morgan fingerprint density at radius 2 is 2.04 bits per heavy atom. The van der Waals surface area contributed by atoms with E-state index in [0.29, 0.717) is 30.1 Å². The number of carbonyl (C=O) groups excluding carboxylic acids is 2. The molecule has 3 rings (SSSR count). The van der Waals surface area contributed by atoms with E-state index < -0.39 is 0 Å². The second-order valence-electron chi connectivity index (χ2n) is 6.23. The second kappa shape index (κ2) is 6.47. The Bertz CT molecular complexity index is 782. The van der Waals surface area contributed by atoms with Crippen LogP contribution in [-0.2, 0) is 4.79 Å². The highest BCUT2D eigenvalue weighted by Gasteiger charge is 2.28. The van der Waals surface area contributed by atoms with Crippen molar-refractivity contribution in [2.75, 3.05) is 18.1 Å². The average molecular weight is 327 g/mol. The van der Waals surface area contributed by atoms with Gasteiger partial charge in [-0.1, -0.05) is 11.2 Å². The third kappa shape index (κ3) is 3.18. The molecule has 0 aliphatic carbocycles. The molecule has 0 N–H and O–H groups in total. The summed E-state index contributed by atoms with van der Waals surface area (Å²) in [6.45, 7) is 6.60. The number of aryl methyl sites for hydroxylation is 3. The highest BCUT2D eigenvalue weighted by molar-refractivity contribution is 6.06. The van der Waals surface area contributed by atoms with Crippen molar-refractivity contribution in [3.05, 3.63) is 46.7 Å². The van der Waals surface area contributed by atoms with Crippen LogP contribution in [0.2, 0.25) is 0 Å². The van der Waals surface area contributed by atoms with Gasteiger partial charge in [0.1, 0.15) is 12.4 Å². The van der Waals surface area contributed by atoms with Crippen molar-refractivity contribution in [1.29, 1.82) is 0 Å². The van der Waals surface area contributed by atoms with Gasteiger partial charge in [-0.25, -0.2) is 0 Å². The van der Waals surface area contributed by atoms with Crippen molar-refractivity contribution in [3.8, 4) is 0 Å². The van der Waals surface area contributed by atoms with Crippen LogP contribution in [0, 0.1) is 20.8 Å². The minimum Gasteiger partial charge on any atom is -0.360 e. The van der Waals surface area contributed by atoms with Gasteiger partial charge in [0.25, 0.3) is 5.91 Å². The summed E-state index contributed by atoms with van der Waals surface area (Å²) in [5.74, 6) is 0.922. The molecule has 1 aliphatic rings. The minimum atomic E-state index is -0.189. The van der Waals surface area contributed by atoms with Crippen LogP contribution in [0.1, 0.15) is 40.1 Å². The van der Waals surface area contributed by atoms with E-state index in [2.05, 4.69) is 5.16 Å². The van der Waals surface area contributed by atoms with Crippen LogP contribution in [0.25, 0.3) is 0 Å². The molecule has 1 aromatic heterocycles. The molecule has 6 heteroatoms. The van der Waals surface area contributed by atoms with E-state index in [1.165, 1.54) is 4.90 Å². The van der Waals surface area contributed by atoms with Crippen LogP contribution in [0.4, 0.5) is 5.82 Å². The smallest absolute Gasteiger partial charge is 0.261 e. The zero-order chi connectivity index (χ0) is 17.3. The molecule has 1 saturated heterocycles. The van der Waals surface area contributed by atoms with Crippen molar-refractivity contribution < 1.29 is 14.1 Å². The first-order valence-electron chi connectivity index (χ1n) is 8.06. The molecule has 2 amide bonds. The summed E-state index contributed by atoms with van der Waals surface area (Å²) in [6, 6.07) is 7.30. The van der Waals surface area contributed by atoms with Gasteiger partial charge in [-0.3, -0.25) is 14.5 Å². The summed E-state index contributed by atoms with van der Waals surface area (Å²) in [4.78, 5) is 28.2. The zero-order valence-electron chi connectivity index (χ0n) is 14.2. The zero-order valence-corrected chi connectivity index (χ0v) is 14.2. The average Bonchev–Trinajstić information content (AvgIpc) is 3.15. The van der Waals surface area contributed by atoms with Gasteiger partial charge in [-0.05, 0) is 50.5 Å². The van der Waals surface area contributed by atoms with E-state index in [1.54, 1.807) is 24.0 Å². The first-order chi connectivity index (χ1) is 11.5. The summed E-state index contributed by atoms with van der Waals surface area (Å²) in [6.07, 6.45) is 1.35. The molecule has 6 nitrogen and oxygen atoms in total. The number of hydrogen-bond acceptors (Lipinski definition) is 4. The number of aromatic nitrogens is 1. The third-order valence-corrected chi connectivity index (χ3v) is 4.37. The number of hydrogen-bond donors (Lipinski definition) is 0. The number of rotatable bonds is 4. The monoisotopic (exact) mass is 327 g/mol. The van der Waals surface area contributed by atoms with Crippen LogP contribution >= 0.6 is 0 Å². The Morgan fingerprint density at radius 1 is 1.25 bits per heavy atom. The Morgan fingerprint density at radius 3 is 2.62 bits per heavy atom. The van der Waals surface area contributed by atoms with E-state index in [9.17, 15) is 9.59 Å². The van der Waals surface area contributed by atoms with E-state index in [1.807, 2.05) is 26.0 Å². The molecular weight excluding hydrogens is 306 g/mol. The molecule has 1 aromatic carbocycles. The summed E-state index contributed by atoms with van der Waals surface area (Å²) in [7, 11) is 0. The Balaban J connectivity index is 1.92. The SMILES string of the molecule is Cc1cc(N(CN2CCCC2=O)C(=O)c2ccc(C)c(C)c2)no1. The third-order valence-electron chi connectivity index (χ3n) is 4.37. The molecule has 0 radical (unpaired) electrons. The second-order valence-corrected chi connectivity index (χ2v) is 6.23. The van der Waals surface area contributed by atoms with Crippen molar-refractivity contribution in [2.45, 2.75) is 33.6 Å². The molecule has 1 aliphatic heterocycles. The van der Waals surface area contributed by atoms with E-state index in [-0.39, 0.29) is 18.5 Å². The van der Waals surface area contributed by atoms with E-state index in [0.717, 1.165) is 17.5 Å². The van der Waals surface area contributed by atoms with Gasteiger partial charge < -0.3 is 9.42 Å². The van der Waals surface area contributed by atoms with Gasteiger partial charge in [-0.2, -0.15) is 0 Å². The Hall–Kier alpha value is -2.63. The Labute approximate surface area is 141 Å². The largest absolute Gasteiger partial charge is 0.360 e. The normalized spacial score (nSPS) is 14.3. The van der Waals surface area contributed by atoms with Crippen LogP contribution in [0.5, 0.6) is 0 Å². The van der Waals surface area contributed by atoms with Gasteiger partial charge in [0, 0.05) is 24.6 Å². The lowest BCUT2D eigenvalue weighted by Crippen LogP contribution is -2.42. The lowest BCUT2D eigenvalue weighted by atomic mass is 10.1. The fraction of sp³-hybridized carbons (Fsp3) is 0.389. The van der Waals surface area contributed by atoms with Gasteiger partial charge in [0.15, 0.2) is 5.82 Å². The van der Waals surface area contributed by atoms with Crippen LogP contribution < -0.4 is 4.90 Å². The summed E-state index contributed by atoms with van der Waals surface area (Å²) in [5, 5.41) is 3.96. The molecule has 2 aromatic rings. The van der Waals surface area contributed by atoms with Crippen LogP contribution in [0.15, 0.2) is 28.8 Å². The molecular formula is C18H21N3O3. The number of carbonyl (C=O) groups is 2. The number of anilines is 1. The standard InChI is InChI=1S/C18H21N3O3/c1-12-6-7-15(9-13(12)2)18(23)21(16-10-14(3)24-19-16)11-20-8-4-5-17(20)22/h6-7,9-10H,4-5,8,11H2,1-3H3. The minimum absolute atomic E-state index is 0.0631. The van der Waals surface area contributed by atoms with Gasteiger partial charge in [0.2, 0.25) is 5.91 Å². The number of benzene rings is 1. The van der Waals surface area contributed by atoms with Gasteiger partial charge >= 0.3 is 0 Å². The van der Waals surface area contributed by atoms with E-state index >= 15 is 0 Å².